The van der Waals surface area contributed by atoms with Gasteiger partial charge in [0.1, 0.15) is 11.5 Å². The number of piperidine rings is 1. The largest absolute Gasteiger partial charge is 0.396 e. The second kappa shape index (κ2) is 8.88. The first-order chi connectivity index (χ1) is 16.4. The number of benzene rings is 1. The number of fused-ring (bicyclic) bond motifs is 1. The van der Waals surface area contributed by atoms with Crippen molar-refractivity contribution < 1.29 is 15.0 Å². The summed E-state index contributed by atoms with van der Waals surface area (Å²) in [5, 5.41) is 26.8. The molecule has 0 aliphatic carbocycles. The summed E-state index contributed by atoms with van der Waals surface area (Å²) in [5.41, 5.74) is 2.17. The first kappa shape index (κ1) is 22.1. The van der Waals surface area contributed by atoms with E-state index >= 15 is 0 Å². The van der Waals surface area contributed by atoms with E-state index < -0.39 is 5.60 Å². The second-order valence-electron chi connectivity index (χ2n) is 8.69. The number of aromatic nitrogens is 5. The first-order valence-corrected chi connectivity index (χ1v) is 11.3. The molecule has 3 aromatic heterocycles. The van der Waals surface area contributed by atoms with Crippen LogP contribution in [0.5, 0.6) is 0 Å². The number of rotatable bonds is 6. The van der Waals surface area contributed by atoms with Crippen LogP contribution in [-0.2, 0) is 7.05 Å². The molecule has 0 saturated carbocycles. The minimum atomic E-state index is -0.811. The van der Waals surface area contributed by atoms with Gasteiger partial charge in [0.05, 0.1) is 22.2 Å². The molecule has 4 heterocycles. The van der Waals surface area contributed by atoms with Gasteiger partial charge >= 0.3 is 0 Å². The van der Waals surface area contributed by atoms with Crippen molar-refractivity contribution in [2.24, 2.45) is 7.05 Å². The van der Waals surface area contributed by atoms with Gasteiger partial charge in [0.15, 0.2) is 11.6 Å². The molecule has 1 aromatic carbocycles. The van der Waals surface area contributed by atoms with Crippen LogP contribution in [-0.4, -0.2) is 66.2 Å². The van der Waals surface area contributed by atoms with E-state index in [-0.39, 0.29) is 12.5 Å². The number of para-hydroxylation sites is 2. The Labute approximate surface area is 196 Å². The van der Waals surface area contributed by atoms with Crippen LogP contribution in [0.2, 0.25) is 0 Å². The van der Waals surface area contributed by atoms with Gasteiger partial charge in [0.25, 0.3) is 5.91 Å². The molecule has 5 rings (SSSR count). The Morgan fingerprint density at radius 2 is 2.00 bits per heavy atom. The van der Waals surface area contributed by atoms with Crippen LogP contribution in [0, 0.1) is 0 Å². The second-order valence-corrected chi connectivity index (χ2v) is 8.69. The fourth-order valence-electron chi connectivity index (χ4n) is 4.33. The summed E-state index contributed by atoms with van der Waals surface area (Å²) in [5.74, 6) is 1.55. The van der Waals surface area contributed by atoms with Gasteiger partial charge in [-0.05, 0) is 43.5 Å². The number of nitrogens with zero attached hydrogens (tertiary/aromatic N) is 5. The average molecular weight is 462 g/mol. The normalized spacial score (nSPS) is 15.6. The van der Waals surface area contributed by atoms with Gasteiger partial charge in [-0.15, -0.1) is 0 Å². The summed E-state index contributed by atoms with van der Waals surface area (Å²) in [4.78, 5) is 27.2. The molecule has 0 atom stereocenters. The number of imidazole rings is 1. The SMILES string of the molecule is Cn1nc(NC(=O)c2ccc(N3CCC(O)(CCO)CC3)nc2)cc1-c1nc2ccccc2[nH]1. The number of hydrogen-bond donors (Lipinski definition) is 4. The summed E-state index contributed by atoms with van der Waals surface area (Å²) < 4.78 is 1.67. The van der Waals surface area contributed by atoms with Crippen LogP contribution in [0.3, 0.4) is 0 Å². The predicted octanol–water partition coefficient (Wildman–Crippen LogP) is 2.32. The molecule has 10 nitrogen and oxygen atoms in total. The number of hydrogen-bond acceptors (Lipinski definition) is 7. The van der Waals surface area contributed by atoms with Crippen molar-refractivity contribution in [3.05, 3.63) is 54.2 Å². The number of aliphatic hydroxyl groups is 2. The molecule has 0 bridgehead atoms. The van der Waals surface area contributed by atoms with Crippen LogP contribution in [0.1, 0.15) is 29.6 Å². The lowest BCUT2D eigenvalue weighted by molar-refractivity contribution is -0.00543. The fourth-order valence-corrected chi connectivity index (χ4v) is 4.33. The van der Waals surface area contributed by atoms with Crippen LogP contribution < -0.4 is 10.2 Å². The Bertz CT molecular complexity index is 1270. The van der Waals surface area contributed by atoms with Crippen molar-refractivity contribution in [2.45, 2.75) is 24.9 Å². The third kappa shape index (κ3) is 4.37. The van der Waals surface area contributed by atoms with E-state index in [2.05, 4.69) is 30.3 Å². The van der Waals surface area contributed by atoms with Crippen molar-refractivity contribution in [3.63, 3.8) is 0 Å². The minimum absolute atomic E-state index is 0.0192. The molecular weight excluding hydrogens is 434 g/mol. The lowest BCUT2D eigenvalue weighted by atomic mass is 9.88. The van der Waals surface area contributed by atoms with Crippen molar-refractivity contribution in [2.75, 3.05) is 29.9 Å². The predicted molar refractivity (Wildman–Crippen MR) is 129 cm³/mol. The van der Waals surface area contributed by atoms with Gasteiger partial charge in [-0.1, -0.05) is 12.1 Å². The molecule has 1 aliphatic heterocycles. The minimum Gasteiger partial charge on any atom is -0.396 e. The Hall–Kier alpha value is -3.76. The van der Waals surface area contributed by atoms with Gasteiger partial charge in [-0.25, -0.2) is 9.97 Å². The molecule has 10 heteroatoms. The van der Waals surface area contributed by atoms with E-state index in [1.807, 2.05) is 30.3 Å². The number of H-pyrrole nitrogens is 1. The van der Waals surface area contributed by atoms with E-state index in [1.165, 1.54) is 0 Å². The maximum atomic E-state index is 12.8. The highest BCUT2D eigenvalue weighted by molar-refractivity contribution is 6.03. The number of amides is 1. The number of anilines is 2. The molecule has 0 unspecified atom stereocenters. The lowest BCUT2D eigenvalue weighted by Crippen LogP contribution is -2.45. The quantitative estimate of drug-likeness (QED) is 0.346. The highest BCUT2D eigenvalue weighted by Gasteiger charge is 2.32. The number of carbonyl (C=O) groups is 1. The molecule has 1 aliphatic rings. The maximum Gasteiger partial charge on any atom is 0.258 e. The third-order valence-corrected chi connectivity index (χ3v) is 6.36. The van der Waals surface area contributed by atoms with Crippen LogP contribution in [0.15, 0.2) is 48.7 Å². The Kier molecular flexibility index (Phi) is 5.76. The molecule has 176 valence electrons. The average Bonchev–Trinajstić information content (AvgIpc) is 3.42. The molecule has 1 saturated heterocycles. The zero-order valence-corrected chi connectivity index (χ0v) is 18.9. The monoisotopic (exact) mass is 461 g/mol. The lowest BCUT2D eigenvalue weighted by Gasteiger charge is -2.38. The number of carbonyl (C=O) groups excluding carboxylic acids is 1. The highest BCUT2D eigenvalue weighted by Crippen LogP contribution is 2.28. The standard InChI is InChI=1S/C24H27N7O3/c1-30-19(22-26-17-4-2-3-5-18(17)27-22)14-20(29-30)28-23(33)16-6-7-21(25-15-16)31-11-8-24(34,9-12-31)10-13-32/h2-7,14-15,32,34H,8-13H2,1H3,(H,26,27)(H,28,29,33). The van der Waals surface area contributed by atoms with Gasteiger partial charge < -0.3 is 25.4 Å². The molecule has 4 N–H and O–H groups in total. The van der Waals surface area contributed by atoms with Gasteiger partial charge in [-0.2, -0.15) is 5.10 Å². The third-order valence-electron chi connectivity index (χ3n) is 6.36. The summed E-state index contributed by atoms with van der Waals surface area (Å²) in [6, 6.07) is 13.1. The van der Waals surface area contributed by atoms with E-state index in [9.17, 15) is 9.90 Å². The maximum absolute atomic E-state index is 12.8. The molecular formula is C24H27N7O3. The molecule has 4 aromatic rings. The van der Waals surface area contributed by atoms with Gasteiger partial charge in [-0.3, -0.25) is 9.48 Å². The summed E-state index contributed by atoms with van der Waals surface area (Å²) in [6.07, 6.45) is 3.08. The zero-order chi connectivity index (χ0) is 23.7. The summed E-state index contributed by atoms with van der Waals surface area (Å²) in [7, 11) is 1.80. The highest BCUT2D eigenvalue weighted by atomic mass is 16.3. The Morgan fingerprint density at radius 1 is 1.21 bits per heavy atom. The van der Waals surface area contributed by atoms with Crippen molar-refractivity contribution >= 4 is 28.6 Å². The number of aromatic amines is 1. The fraction of sp³-hybridized carbons (Fsp3) is 0.333. The molecule has 1 fully saturated rings. The van der Waals surface area contributed by atoms with Crippen molar-refractivity contribution in [3.8, 4) is 11.5 Å². The number of pyridine rings is 1. The molecule has 0 spiro atoms. The smallest absolute Gasteiger partial charge is 0.258 e. The molecule has 1 amide bonds. The zero-order valence-electron chi connectivity index (χ0n) is 18.9. The number of aliphatic hydroxyl groups excluding tert-OH is 1. The van der Waals surface area contributed by atoms with Crippen molar-refractivity contribution in [1.29, 1.82) is 0 Å². The summed E-state index contributed by atoms with van der Waals surface area (Å²) in [6.45, 7) is 1.27. The van der Waals surface area contributed by atoms with E-state index in [4.69, 9.17) is 5.11 Å². The van der Waals surface area contributed by atoms with E-state index in [0.29, 0.717) is 49.6 Å². The van der Waals surface area contributed by atoms with E-state index in [1.54, 1.807) is 30.1 Å². The Morgan fingerprint density at radius 3 is 2.71 bits per heavy atom. The van der Waals surface area contributed by atoms with Crippen LogP contribution in [0.25, 0.3) is 22.6 Å². The Balaban J connectivity index is 1.25. The first-order valence-electron chi connectivity index (χ1n) is 11.3. The topological polar surface area (TPSA) is 132 Å². The van der Waals surface area contributed by atoms with Crippen molar-refractivity contribution in [1.82, 2.24) is 24.7 Å². The van der Waals surface area contributed by atoms with Crippen LogP contribution >= 0.6 is 0 Å². The number of aryl methyl sites for hydroxylation is 1. The van der Waals surface area contributed by atoms with Crippen LogP contribution in [0.4, 0.5) is 11.6 Å². The summed E-state index contributed by atoms with van der Waals surface area (Å²) >= 11 is 0. The number of nitrogens with one attached hydrogen (secondary N) is 2. The van der Waals surface area contributed by atoms with E-state index in [0.717, 1.165) is 22.5 Å². The molecule has 34 heavy (non-hydrogen) atoms. The van der Waals surface area contributed by atoms with Gasteiger partial charge in [0, 0.05) is 39.0 Å². The molecule has 0 radical (unpaired) electrons. The van der Waals surface area contributed by atoms with Gasteiger partial charge in [0.2, 0.25) is 0 Å².